The Morgan fingerprint density at radius 3 is 2.17 bits per heavy atom. The number of hydrogen-bond donors (Lipinski definition) is 2. The van der Waals surface area contributed by atoms with Crippen molar-refractivity contribution in [3.8, 4) is 0 Å². The summed E-state index contributed by atoms with van der Waals surface area (Å²) in [4.78, 5) is 0. The second kappa shape index (κ2) is 4.72. The van der Waals surface area contributed by atoms with Crippen LogP contribution in [0, 0.1) is 11.8 Å². The van der Waals surface area contributed by atoms with Crippen LogP contribution in [0.2, 0.25) is 0 Å². The van der Waals surface area contributed by atoms with Gasteiger partial charge in [0.25, 0.3) is 5.92 Å². The van der Waals surface area contributed by atoms with Crippen LogP contribution >= 0.6 is 0 Å². The van der Waals surface area contributed by atoms with Crippen LogP contribution in [0.1, 0.15) is 20.3 Å². The predicted octanol–water partition coefficient (Wildman–Crippen LogP) is 1.24. The van der Waals surface area contributed by atoms with E-state index in [1.165, 1.54) is 0 Å². The van der Waals surface area contributed by atoms with Crippen LogP contribution < -0.4 is 5.73 Å². The maximum absolute atomic E-state index is 12.7. The number of aliphatic hydroxyl groups is 1. The van der Waals surface area contributed by atoms with Crippen LogP contribution in [0.3, 0.4) is 0 Å². The largest absolute Gasteiger partial charge is 0.396 e. The SMILES string of the molecule is CC(C)C(CO)CC(F)(F)CN. The molecule has 0 saturated heterocycles. The lowest BCUT2D eigenvalue weighted by Crippen LogP contribution is -2.33. The van der Waals surface area contributed by atoms with Gasteiger partial charge >= 0.3 is 0 Å². The zero-order valence-electron chi connectivity index (χ0n) is 7.56. The molecular weight excluding hydrogens is 164 g/mol. The van der Waals surface area contributed by atoms with Gasteiger partial charge in [-0.1, -0.05) is 13.8 Å². The molecule has 0 aromatic heterocycles. The number of hydrogen-bond acceptors (Lipinski definition) is 2. The minimum absolute atomic E-state index is 0.0624. The third-order valence-corrected chi connectivity index (χ3v) is 2.04. The van der Waals surface area contributed by atoms with Gasteiger partial charge in [-0.3, -0.25) is 0 Å². The number of nitrogens with two attached hydrogens (primary N) is 1. The fourth-order valence-corrected chi connectivity index (χ4v) is 0.978. The van der Waals surface area contributed by atoms with Crippen LogP contribution in [-0.4, -0.2) is 24.2 Å². The highest BCUT2D eigenvalue weighted by Gasteiger charge is 2.31. The first kappa shape index (κ1) is 11.8. The van der Waals surface area contributed by atoms with E-state index in [-0.39, 0.29) is 24.9 Å². The first-order valence-corrected chi connectivity index (χ1v) is 4.11. The first-order valence-electron chi connectivity index (χ1n) is 4.11. The molecule has 0 bridgehead atoms. The summed E-state index contributed by atoms with van der Waals surface area (Å²) in [5.74, 6) is -3.13. The maximum atomic E-state index is 12.7. The van der Waals surface area contributed by atoms with Crippen LogP contribution in [0.15, 0.2) is 0 Å². The van der Waals surface area contributed by atoms with E-state index in [0.717, 1.165) is 0 Å². The van der Waals surface area contributed by atoms with Gasteiger partial charge in [-0.25, -0.2) is 8.78 Å². The Balaban J connectivity index is 4.01. The zero-order chi connectivity index (χ0) is 9.78. The molecule has 2 nitrogen and oxygen atoms in total. The Bertz CT molecular complexity index is 128. The summed E-state index contributed by atoms with van der Waals surface area (Å²) in [5.41, 5.74) is 4.88. The molecule has 1 atom stereocenters. The van der Waals surface area contributed by atoms with Crippen molar-refractivity contribution < 1.29 is 13.9 Å². The van der Waals surface area contributed by atoms with E-state index in [2.05, 4.69) is 0 Å². The molecule has 74 valence electrons. The molecule has 0 radical (unpaired) electrons. The van der Waals surface area contributed by atoms with Gasteiger partial charge in [0.2, 0.25) is 0 Å². The van der Waals surface area contributed by atoms with Crippen molar-refractivity contribution in [1.82, 2.24) is 0 Å². The van der Waals surface area contributed by atoms with E-state index < -0.39 is 12.5 Å². The predicted molar refractivity (Wildman–Crippen MR) is 44.0 cm³/mol. The highest BCUT2D eigenvalue weighted by atomic mass is 19.3. The van der Waals surface area contributed by atoms with Crippen molar-refractivity contribution in [2.75, 3.05) is 13.2 Å². The molecule has 0 aliphatic rings. The molecule has 0 heterocycles. The van der Waals surface area contributed by atoms with Crippen LogP contribution in [-0.2, 0) is 0 Å². The molecule has 0 aliphatic carbocycles. The molecule has 12 heavy (non-hydrogen) atoms. The fraction of sp³-hybridized carbons (Fsp3) is 1.00. The topological polar surface area (TPSA) is 46.2 Å². The highest BCUT2D eigenvalue weighted by Crippen LogP contribution is 2.26. The van der Waals surface area contributed by atoms with Gasteiger partial charge in [0, 0.05) is 13.0 Å². The summed E-state index contributed by atoms with van der Waals surface area (Å²) in [5, 5.41) is 8.78. The Morgan fingerprint density at radius 1 is 1.42 bits per heavy atom. The second-order valence-corrected chi connectivity index (χ2v) is 3.45. The molecule has 3 N–H and O–H groups in total. The van der Waals surface area contributed by atoms with Gasteiger partial charge in [-0.15, -0.1) is 0 Å². The molecule has 0 fully saturated rings. The van der Waals surface area contributed by atoms with Crippen LogP contribution in [0.5, 0.6) is 0 Å². The molecule has 0 spiro atoms. The Morgan fingerprint density at radius 2 is 1.92 bits per heavy atom. The maximum Gasteiger partial charge on any atom is 0.260 e. The van der Waals surface area contributed by atoms with Crippen molar-refractivity contribution in [3.05, 3.63) is 0 Å². The average Bonchev–Trinajstić information content (AvgIpc) is 2.00. The summed E-state index contributed by atoms with van der Waals surface area (Å²) >= 11 is 0. The fourth-order valence-electron chi connectivity index (χ4n) is 0.978. The van der Waals surface area contributed by atoms with Crippen molar-refractivity contribution in [2.45, 2.75) is 26.2 Å². The van der Waals surface area contributed by atoms with E-state index in [1.807, 2.05) is 13.8 Å². The average molecular weight is 181 g/mol. The second-order valence-electron chi connectivity index (χ2n) is 3.45. The molecule has 0 aromatic carbocycles. The van der Waals surface area contributed by atoms with Gasteiger partial charge in [0.15, 0.2) is 0 Å². The van der Waals surface area contributed by atoms with Crippen LogP contribution in [0.25, 0.3) is 0 Å². The number of aliphatic hydroxyl groups excluding tert-OH is 1. The Labute approximate surface area is 71.8 Å². The van der Waals surface area contributed by atoms with E-state index in [1.54, 1.807) is 0 Å². The summed E-state index contributed by atoms with van der Waals surface area (Å²) in [6, 6.07) is 0. The van der Waals surface area contributed by atoms with Gasteiger partial charge in [0.1, 0.15) is 0 Å². The molecule has 0 aromatic rings. The lowest BCUT2D eigenvalue weighted by atomic mass is 9.90. The van der Waals surface area contributed by atoms with E-state index >= 15 is 0 Å². The minimum Gasteiger partial charge on any atom is -0.396 e. The minimum atomic E-state index is -2.84. The molecule has 0 amide bonds. The van der Waals surface area contributed by atoms with Gasteiger partial charge in [0.05, 0.1) is 6.54 Å². The third-order valence-electron chi connectivity index (χ3n) is 2.04. The standard InChI is InChI=1S/C8H17F2NO/c1-6(2)7(4-12)3-8(9,10)5-11/h6-7,12H,3-5,11H2,1-2H3. The number of halogens is 2. The first-order chi connectivity index (χ1) is 5.43. The van der Waals surface area contributed by atoms with Crippen molar-refractivity contribution in [1.29, 1.82) is 0 Å². The molecule has 1 unspecified atom stereocenters. The highest BCUT2D eigenvalue weighted by molar-refractivity contribution is 4.74. The zero-order valence-corrected chi connectivity index (χ0v) is 7.56. The lowest BCUT2D eigenvalue weighted by Gasteiger charge is -2.23. The summed E-state index contributed by atoms with van der Waals surface area (Å²) in [6.07, 6.45) is -0.322. The van der Waals surface area contributed by atoms with E-state index in [4.69, 9.17) is 10.8 Å². The smallest absolute Gasteiger partial charge is 0.260 e. The van der Waals surface area contributed by atoms with Gasteiger partial charge in [-0.2, -0.15) is 0 Å². The number of alkyl halides is 2. The molecule has 0 saturated carbocycles. The molecule has 0 aliphatic heterocycles. The number of rotatable bonds is 5. The third kappa shape index (κ3) is 3.97. The van der Waals surface area contributed by atoms with Crippen molar-refractivity contribution in [3.63, 3.8) is 0 Å². The molecular formula is C8H17F2NO. The quantitative estimate of drug-likeness (QED) is 0.670. The van der Waals surface area contributed by atoms with Gasteiger partial charge in [-0.05, 0) is 11.8 Å². The molecule has 4 heteroatoms. The normalized spacial score (nSPS) is 15.2. The van der Waals surface area contributed by atoms with E-state index in [9.17, 15) is 8.78 Å². The lowest BCUT2D eigenvalue weighted by molar-refractivity contribution is -0.0289. The Hall–Kier alpha value is -0.220. The van der Waals surface area contributed by atoms with Crippen molar-refractivity contribution in [2.24, 2.45) is 17.6 Å². The summed E-state index contributed by atoms with van der Waals surface area (Å²) in [7, 11) is 0. The summed E-state index contributed by atoms with van der Waals surface area (Å²) in [6.45, 7) is 2.78. The summed E-state index contributed by atoms with van der Waals surface area (Å²) < 4.78 is 25.4. The Kier molecular flexibility index (Phi) is 4.63. The van der Waals surface area contributed by atoms with Crippen LogP contribution in [0.4, 0.5) is 8.78 Å². The molecule has 0 rings (SSSR count). The monoisotopic (exact) mass is 181 g/mol. The van der Waals surface area contributed by atoms with E-state index in [0.29, 0.717) is 0 Å². The van der Waals surface area contributed by atoms with Gasteiger partial charge < -0.3 is 10.8 Å². The van der Waals surface area contributed by atoms with Crippen molar-refractivity contribution >= 4 is 0 Å².